The number of rotatable bonds is 3. The second-order valence-electron chi connectivity index (χ2n) is 4.41. The summed E-state index contributed by atoms with van der Waals surface area (Å²) in [6.07, 6.45) is 1.57. The topological polar surface area (TPSA) is 46.0 Å². The fourth-order valence-electron chi connectivity index (χ4n) is 1.92. The minimum absolute atomic E-state index is 0.387. The summed E-state index contributed by atoms with van der Waals surface area (Å²) < 4.78 is 1.92. The molecule has 2 aromatic carbocycles. The van der Waals surface area contributed by atoms with Crippen LogP contribution in [0.2, 0.25) is 10.0 Å². The molecule has 7 heteroatoms. The Morgan fingerprint density at radius 3 is 2.41 bits per heavy atom. The van der Waals surface area contributed by atoms with Gasteiger partial charge in [-0.2, -0.15) is 14.9 Å². The van der Waals surface area contributed by atoms with Crippen LogP contribution in [0.3, 0.4) is 0 Å². The number of halogens is 2. The van der Waals surface area contributed by atoms with Crippen LogP contribution in [0.25, 0.3) is 11.4 Å². The first-order valence-corrected chi connectivity index (χ1v) is 7.54. The molecule has 0 atom stereocenters. The number of benzene rings is 2. The SMILES string of the molecule is S=c1[nH]nc(-c2ccccc2)n1N=Cc1c(Cl)cccc1Cl. The standard InChI is InChI=1S/C15H10Cl2N4S/c16-12-7-4-8-13(17)11(12)9-18-21-14(19-20-15(21)22)10-5-2-1-3-6-10/h1-9H,(H,20,22). The van der Waals surface area contributed by atoms with E-state index in [2.05, 4.69) is 15.3 Å². The van der Waals surface area contributed by atoms with Gasteiger partial charge in [-0.25, -0.2) is 5.10 Å². The van der Waals surface area contributed by atoms with Gasteiger partial charge in [0.2, 0.25) is 4.77 Å². The molecular formula is C15H10Cl2N4S. The zero-order valence-corrected chi connectivity index (χ0v) is 13.5. The first-order valence-electron chi connectivity index (χ1n) is 6.38. The Balaban J connectivity index is 2.05. The maximum Gasteiger partial charge on any atom is 0.216 e. The maximum absolute atomic E-state index is 6.13. The van der Waals surface area contributed by atoms with Crippen LogP contribution in [0.15, 0.2) is 53.6 Å². The van der Waals surface area contributed by atoms with Gasteiger partial charge in [-0.1, -0.05) is 59.6 Å². The average molecular weight is 349 g/mol. The molecule has 22 heavy (non-hydrogen) atoms. The van der Waals surface area contributed by atoms with Gasteiger partial charge in [0.1, 0.15) is 0 Å². The molecule has 3 aromatic rings. The highest BCUT2D eigenvalue weighted by Crippen LogP contribution is 2.23. The van der Waals surface area contributed by atoms with Crippen LogP contribution >= 0.6 is 35.4 Å². The molecular weight excluding hydrogens is 339 g/mol. The van der Waals surface area contributed by atoms with Crippen molar-refractivity contribution in [3.8, 4) is 11.4 Å². The lowest BCUT2D eigenvalue weighted by molar-refractivity contribution is 0.871. The van der Waals surface area contributed by atoms with E-state index >= 15 is 0 Å². The van der Waals surface area contributed by atoms with E-state index < -0.39 is 0 Å². The molecule has 3 rings (SSSR count). The second-order valence-corrected chi connectivity index (χ2v) is 5.61. The zero-order chi connectivity index (χ0) is 15.5. The Kier molecular flexibility index (Phi) is 4.38. The number of hydrogen-bond acceptors (Lipinski definition) is 3. The fraction of sp³-hybridized carbons (Fsp3) is 0. The van der Waals surface area contributed by atoms with Gasteiger partial charge in [0.05, 0.1) is 16.3 Å². The second kappa shape index (κ2) is 6.44. The van der Waals surface area contributed by atoms with Crippen LogP contribution in [0.1, 0.15) is 5.56 Å². The van der Waals surface area contributed by atoms with Crippen molar-refractivity contribution in [1.82, 2.24) is 14.9 Å². The molecule has 0 saturated heterocycles. The lowest BCUT2D eigenvalue weighted by Gasteiger charge is -2.02. The summed E-state index contributed by atoms with van der Waals surface area (Å²) in [4.78, 5) is 0. The van der Waals surface area contributed by atoms with Gasteiger partial charge in [-0.05, 0) is 24.4 Å². The number of H-pyrrole nitrogens is 1. The van der Waals surface area contributed by atoms with Gasteiger partial charge >= 0.3 is 0 Å². The summed E-state index contributed by atoms with van der Waals surface area (Å²) in [5.41, 5.74) is 1.53. The third-order valence-electron chi connectivity index (χ3n) is 2.98. The maximum atomic E-state index is 6.13. The van der Waals surface area contributed by atoms with Gasteiger partial charge < -0.3 is 0 Å². The fourth-order valence-corrected chi connectivity index (χ4v) is 2.60. The minimum atomic E-state index is 0.387. The van der Waals surface area contributed by atoms with Crippen molar-refractivity contribution in [2.75, 3.05) is 0 Å². The van der Waals surface area contributed by atoms with Crippen LogP contribution in [-0.4, -0.2) is 21.1 Å². The predicted molar refractivity (Wildman–Crippen MR) is 92.3 cm³/mol. The third-order valence-corrected chi connectivity index (χ3v) is 3.91. The van der Waals surface area contributed by atoms with Gasteiger partial charge in [-0.3, -0.25) is 0 Å². The first-order chi connectivity index (χ1) is 10.7. The quantitative estimate of drug-likeness (QED) is 0.545. The molecule has 1 aromatic heterocycles. The largest absolute Gasteiger partial charge is 0.250 e. The van der Waals surface area contributed by atoms with Gasteiger partial charge in [-0.15, -0.1) is 0 Å². The number of aromatic nitrogens is 3. The van der Waals surface area contributed by atoms with Crippen LogP contribution in [0.4, 0.5) is 0 Å². The highest BCUT2D eigenvalue weighted by atomic mass is 35.5. The summed E-state index contributed by atoms with van der Waals surface area (Å²) in [6.45, 7) is 0. The average Bonchev–Trinajstić information content (AvgIpc) is 2.89. The van der Waals surface area contributed by atoms with Crippen LogP contribution in [0.5, 0.6) is 0 Å². The smallest absolute Gasteiger partial charge is 0.216 e. The van der Waals surface area contributed by atoms with Crippen molar-refractivity contribution < 1.29 is 0 Å². The van der Waals surface area contributed by atoms with Crippen molar-refractivity contribution in [3.05, 3.63) is 68.9 Å². The van der Waals surface area contributed by atoms with E-state index in [9.17, 15) is 0 Å². The normalized spacial score (nSPS) is 11.2. The Morgan fingerprint density at radius 1 is 1.05 bits per heavy atom. The summed E-state index contributed by atoms with van der Waals surface area (Å²) in [7, 11) is 0. The summed E-state index contributed by atoms with van der Waals surface area (Å²) in [5, 5.41) is 12.3. The Labute approximate surface area is 142 Å². The third kappa shape index (κ3) is 2.97. The molecule has 1 heterocycles. The van der Waals surface area contributed by atoms with Crippen molar-refractivity contribution >= 4 is 41.6 Å². The van der Waals surface area contributed by atoms with E-state index in [1.165, 1.54) is 4.68 Å². The summed E-state index contributed by atoms with van der Waals surface area (Å²) in [6, 6.07) is 14.9. The Morgan fingerprint density at radius 2 is 1.73 bits per heavy atom. The molecule has 0 aliphatic carbocycles. The van der Waals surface area contributed by atoms with E-state index in [1.807, 2.05) is 30.3 Å². The first kappa shape index (κ1) is 15.0. The lowest BCUT2D eigenvalue weighted by Crippen LogP contribution is -1.95. The number of nitrogens with one attached hydrogen (secondary N) is 1. The number of nitrogens with zero attached hydrogens (tertiary/aromatic N) is 3. The van der Waals surface area contributed by atoms with Gasteiger partial charge in [0.25, 0.3) is 0 Å². The number of aromatic amines is 1. The highest BCUT2D eigenvalue weighted by Gasteiger charge is 2.08. The van der Waals surface area contributed by atoms with E-state index in [1.54, 1.807) is 24.4 Å². The molecule has 1 N–H and O–H groups in total. The molecule has 0 radical (unpaired) electrons. The molecule has 4 nitrogen and oxygen atoms in total. The Bertz CT molecular complexity index is 864. The van der Waals surface area contributed by atoms with E-state index in [0.29, 0.717) is 26.2 Å². The van der Waals surface area contributed by atoms with Crippen molar-refractivity contribution in [2.45, 2.75) is 0 Å². The van der Waals surface area contributed by atoms with Crippen molar-refractivity contribution in [1.29, 1.82) is 0 Å². The van der Waals surface area contributed by atoms with Crippen LogP contribution < -0.4 is 0 Å². The van der Waals surface area contributed by atoms with Crippen LogP contribution in [0, 0.1) is 4.77 Å². The van der Waals surface area contributed by atoms with Crippen molar-refractivity contribution in [3.63, 3.8) is 0 Å². The predicted octanol–water partition coefficient (Wildman–Crippen LogP) is 4.80. The summed E-state index contributed by atoms with van der Waals surface area (Å²) in [5.74, 6) is 0.616. The van der Waals surface area contributed by atoms with Gasteiger partial charge in [0.15, 0.2) is 5.82 Å². The molecule has 0 fully saturated rings. The highest BCUT2D eigenvalue weighted by molar-refractivity contribution is 7.71. The minimum Gasteiger partial charge on any atom is -0.250 e. The molecule has 0 unspecified atom stereocenters. The lowest BCUT2D eigenvalue weighted by atomic mass is 10.2. The molecule has 0 saturated carbocycles. The monoisotopic (exact) mass is 348 g/mol. The van der Waals surface area contributed by atoms with E-state index in [0.717, 1.165) is 5.56 Å². The molecule has 0 spiro atoms. The van der Waals surface area contributed by atoms with Crippen molar-refractivity contribution in [2.24, 2.45) is 5.10 Å². The molecule has 0 aliphatic rings. The summed E-state index contributed by atoms with van der Waals surface area (Å²) >= 11 is 17.5. The van der Waals surface area contributed by atoms with E-state index in [-0.39, 0.29) is 0 Å². The van der Waals surface area contributed by atoms with E-state index in [4.69, 9.17) is 35.4 Å². The zero-order valence-electron chi connectivity index (χ0n) is 11.2. The molecule has 0 aliphatic heterocycles. The molecule has 0 amide bonds. The molecule has 110 valence electrons. The van der Waals surface area contributed by atoms with Gasteiger partial charge in [0, 0.05) is 11.1 Å². The number of hydrogen-bond donors (Lipinski definition) is 1. The molecule has 0 bridgehead atoms. The Hall–Kier alpha value is -1.95. The van der Waals surface area contributed by atoms with Crippen LogP contribution in [-0.2, 0) is 0 Å².